The Morgan fingerprint density at radius 3 is 2.24 bits per heavy atom. The minimum absolute atomic E-state index is 0.950. The van der Waals surface area contributed by atoms with Crippen LogP contribution in [0, 0.1) is 0 Å². The van der Waals surface area contributed by atoms with E-state index in [0.29, 0.717) is 0 Å². The third-order valence-corrected chi connectivity index (χ3v) is 2.99. The van der Waals surface area contributed by atoms with Crippen LogP contribution in [0.2, 0.25) is 0 Å². The number of likely N-dealkylation sites (N-methyl/N-ethyl adjacent to an activating group) is 1. The standard InChI is InChI=1S/C14H25N3/c1-5-17(4)11-10-15-12-13-6-8-14(9-7-13)16(2)3/h6-9,15H,5,10-12H2,1-4H3. The molecule has 0 saturated carbocycles. The number of nitrogens with one attached hydrogen (secondary N) is 1. The van der Waals surface area contributed by atoms with Gasteiger partial charge in [0.05, 0.1) is 0 Å². The summed E-state index contributed by atoms with van der Waals surface area (Å²) in [5, 5.41) is 3.46. The Labute approximate surface area is 105 Å². The number of rotatable bonds is 7. The highest BCUT2D eigenvalue weighted by atomic mass is 15.1. The van der Waals surface area contributed by atoms with E-state index in [2.05, 4.69) is 67.4 Å². The molecule has 17 heavy (non-hydrogen) atoms. The molecular formula is C14H25N3. The van der Waals surface area contributed by atoms with Crippen molar-refractivity contribution in [2.24, 2.45) is 0 Å². The van der Waals surface area contributed by atoms with E-state index in [0.717, 1.165) is 26.2 Å². The molecule has 96 valence electrons. The monoisotopic (exact) mass is 235 g/mol. The first-order valence-corrected chi connectivity index (χ1v) is 6.29. The van der Waals surface area contributed by atoms with Crippen LogP contribution in [0.1, 0.15) is 12.5 Å². The molecule has 0 fully saturated rings. The minimum atomic E-state index is 0.950. The molecule has 0 amide bonds. The van der Waals surface area contributed by atoms with Crippen LogP contribution in [0.3, 0.4) is 0 Å². The first-order valence-electron chi connectivity index (χ1n) is 6.29. The van der Waals surface area contributed by atoms with Gasteiger partial charge in [-0.3, -0.25) is 0 Å². The minimum Gasteiger partial charge on any atom is -0.378 e. The Balaban J connectivity index is 2.28. The van der Waals surface area contributed by atoms with Crippen molar-refractivity contribution >= 4 is 5.69 Å². The van der Waals surface area contributed by atoms with E-state index >= 15 is 0 Å². The van der Waals surface area contributed by atoms with Gasteiger partial charge in [0, 0.05) is 39.4 Å². The number of hydrogen-bond donors (Lipinski definition) is 1. The summed E-state index contributed by atoms with van der Waals surface area (Å²) in [5.74, 6) is 0. The van der Waals surface area contributed by atoms with Gasteiger partial charge in [0.1, 0.15) is 0 Å². The van der Waals surface area contributed by atoms with E-state index in [1.165, 1.54) is 11.3 Å². The molecule has 0 aliphatic rings. The van der Waals surface area contributed by atoms with Crippen LogP contribution in [0.4, 0.5) is 5.69 Å². The zero-order valence-electron chi connectivity index (χ0n) is 11.5. The van der Waals surface area contributed by atoms with Crippen molar-refractivity contribution in [2.45, 2.75) is 13.5 Å². The fraction of sp³-hybridized carbons (Fsp3) is 0.571. The van der Waals surface area contributed by atoms with Gasteiger partial charge < -0.3 is 15.1 Å². The molecule has 1 aromatic rings. The van der Waals surface area contributed by atoms with E-state index in [4.69, 9.17) is 0 Å². The highest BCUT2D eigenvalue weighted by molar-refractivity contribution is 5.45. The zero-order valence-corrected chi connectivity index (χ0v) is 11.5. The van der Waals surface area contributed by atoms with E-state index in [1.807, 2.05) is 0 Å². The molecule has 0 aliphatic heterocycles. The lowest BCUT2D eigenvalue weighted by atomic mass is 10.2. The van der Waals surface area contributed by atoms with Crippen LogP contribution in [0.5, 0.6) is 0 Å². The molecule has 0 atom stereocenters. The van der Waals surface area contributed by atoms with Gasteiger partial charge in [0.2, 0.25) is 0 Å². The van der Waals surface area contributed by atoms with Crippen molar-refractivity contribution in [1.29, 1.82) is 0 Å². The second-order valence-corrected chi connectivity index (χ2v) is 4.63. The lowest BCUT2D eigenvalue weighted by Crippen LogP contribution is -2.28. The summed E-state index contributed by atoms with van der Waals surface area (Å²) in [4.78, 5) is 4.43. The lowest BCUT2D eigenvalue weighted by Gasteiger charge is -2.15. The largest absolute Gasteiger partial charge is 0.378 e. The fourth-order valence-corrected chi connectivity index (χ4v) is 1.57. The maximum atomic E-state index is 3.46. The van der Waals surface area contributed by atoms with Crippen LogP contribution < -0.4 is 10.2 Å². The van der Waals surface area contributed by atoms with Crippen LogP contribution in [0.15, 0.2) is 24.3 Å². The average Bonchev–Trinajstić information content (AvgIpc) is 2.34. The first-order chi connectivity index (χ1) is 8.13. The molecule has 3 nitrogen and oxygen atoms in total. The van der Waals surface area contributed by atoms with E-state index in [-0.39, 0.29) is 0 Å². The second kappa shape index (κ2) is 7.30. The van der Waals surface area contributed by atoms with Crippen LogP contribution in [-0.2, 0) is 6.54 Å². The fourth-order valence-electron chi connectivity index (χ4n) is 1.57. The van der Waals surface area contributed by atoms with Gasteiger partial charge >= 0.3 is 0 Å². The maximum Gasteiger partial charge on any atom is 0.0361 e. The first kappa shape index (κ1) is 14.0. The number of nitrogens with zero attached hydrogens (tertiary/aromatic N) is 2. The molecule has 0 aliphatic carbocycles. The van der Waals surface area contributed by atoms with Crippen molar-refractivity contribution < 1.29 is 0 Å². The summed E-state index contributed by atoms with van der Waals surface area (Å²) in [6, 6.07) is 8.70. The SMILES string of the molecule is CCN(C)CCNCc1ccc(N(C)C)cc1. The number of hydrogen-bond acceptors (Lipinski definition) is 3. The van der Waals surface area contributed by atoms with Crippen molar-refractivity contribution in [3.8, 4) is 0 Å². The van der Waals surface area contributed by atoms with Crippen LogP contribution in [0.25, 0.3) is 0 Å². The molecule has 0 spiro atoms. The predicted molar refractivity (Wildman–Crippen MR) is 75.6 cm³/mol. The Kier molecular flexibility index (Phi) is 6.01. The smallest absolute Gasteiger partial charge is 0.0361 e. The average molecular weight is 235 g/mol. The van der Waals surface area contributed by atoms with Gasteiger partial charge in [-0.1, -0.05) is 19.1 Å². The van der Waals surface area contributed by atoms with Gasteiger partial charge in [-0.2, -0.15) is 0 Å². The van der Waals surface area contributed by atoms with Crippen molar-refractivity contribution in [1.82, 2.24) is 10.2 Å². The molecule has 1 aromatic carbocycles. The van der Waals surface area contributed by atoms with Gasteiger partial charge in [-0.25, -0.2) is 0 Å². The quantitative estimate of drug-likeness (QED) is 0.727. The Hall–Kier alpha value is -1.06. The lowest BCUT2D eigenvalue weighted by molar-refractivity contribution is 0.349. The second-order valence-electron chi connectivity index (χ2n) is 4.63. The van der Waals surface area contributed by atoms with E-state index in [9.17, 15) is 0 Å². The molecule has 3 heteroatoms. The Bertz CT molecular complexity index is 306. The Morgan fingerprint density at radius 2 is 1.71 bits per heavy atom. The normalized spacial score (nSPS) is 10.9. The third kappa shape index (κ3) is 5.20. The topological polar surface area (TPSA) is 18.5 Å². The Morgan fingerprint density at radius 1 is 1.06 bits per heavy atom. The molecule has 0 unspecified atom stereocenters. The van der Waals surface area contributed by atoms with Gasteiger partial charge in [-0.05, 0) is 31.3 Å². The maximum absolute atomic E-state index is 3.46. The highest BCUT2D eigenvalue weighted by Gasteiger charge is 1.97. The molecule has 0 aromatic heterocycles. The summed E-state index contributed by atoms with van der Waals surface area (Å²) in [6.45, 7) is 6.39. The summed E-state index contributed by atoms with van der Waals surface area (Å²) < 4.78 is 0. The van der Waals surface area contributed by atoms with Crippen molar-refractivity contribution in [3.05, 3.63) is 29.8 Å². The third-order valence-electron chi connectivity index (χ3n) is 2.99. The zero-order chi connectivity index (χ0) is 12.7. The molecule has 0 heterocycles. The van der Waals surface area contributed by atoms with Gasteiger partial charge in [0.25, 0.3) is 0 Å². The number of anilines is 1. The molecule has 0 radical (unpaired) electrons. The number of benzene rings is 1. The van der Waals surface area contributed by atoms with Crippen molar-refractivity contribution in [3.63, 3.8) is 0 Å². The van der Waals surface area contributed by atoms with E-state index in [1.54, 1.807) is 0 Å². The highest BCUT2D eigenvalue weighted by Crippen LogP contribution is 2.11. The molecule has 1 rings (SSSR count). The summed E-state index contributed by atoms with van der Waals surface area (Å²) >= 11 is 0. The molecule has 0 bridgehead atoms. The van der Waals surface area contributed by atoms with Gasteiger partial charge in [-0.15, -0.1) is 0 Å². The van der Waals surface area contributed by atoms with Crippen LogP contribution in [-0.4, -0.2) is 45.7 Å². The summed E-state index contributed by atoms with van der Waals surface area (Å²) in [5.41, 5.74) is 2.59. The van der Waals surface area contributed by atoms with E-state index < -0.39 is 0 Å². The predicted octanol–water partition coefficient (Wildman–Crippen LogP) is 1.79. The summed E-state index contributed by atoms with van der Waals surface area (Å²) in [7, 11) is 6.27. The molecule has 0 saturated heterocycles. The molecule has 1 N–H and O–H groups in total. The van der Waals surface area contributed by atoms with Crippen LogP contribution >= 0.6 is 0 Å². The summed E-state index contributed by atoms with van der Waals surface area (Å²) in [6.07, 6.45) is 0. The van der Waals surface area contributed by atoms with Gasteiger partial charge in [0.15, 0.2) is 0 Å². The van der Waals surface area contributed by atoms with Crippen molar-refractivity contribution in [2.75, 3.05) is 45.7 Å². The molecular weight excluding hydrogens is 210 g/mol.